The molecule has 3 unspecified atom stereocenters. The number of rotatable bonds is 3. The van der Waals surface area contributed by atoms with Gasteiger partial charge in [-0.25, -0.2) is 4.39 Å². The number of benzene rings is 1. The Labute approximate surface area is 117 Å². The van der Waals surface area contributed by atoms with E-state index in [9.17, 15) is 14.3 Å². The first-order chi connectivity index (χ1) is 8.97. The van der Waals surface area contributed by atoms with Crippen LogP contribution in [0.5, 0.6) is 0 Å². The van der Waals surface area contributed by atoms with E-state index < -0.39 is 5.97 Å². The highest BCUT2D eigenvalue weighted by Crippen LogP contribution is 2.36. The molecule has 2 nitrogen and oxygen atoms in total. The summed E-state index contributed by atoms with van der Waals surface area (Å²) in [5, 5.41) is 9.64. The van der Waals surface area contributed by atoms with Crippen LogP contribution in [0.4, 0.5) is 4.39 Å². The monoisotopic (exact) mass is 284 g/mol. The second kappa shape index (κ2) is 5.91. The van der Waals surface area contributed by atoms with E-state index in [0.29, 0.717) is 29.3 Å². The average Bonchev–Trinajstić information content (AvgIpc) is 2.32. The van der Waals surface area contributed by atoms with Crippen molar-refractivity contribution in [1.82, 2.24) is 0 Å². The fourth-order valence-electron chi connectivity index (χ4n) is 3.02. The Bertz CT molecular complexity index is 475. The summed E-state index contributed by atoms with van der Waals surface area (Å²) in [7, 11) is 0. The highest BCUT2D eigenvalue weighted by atomic mass is 35.5. The molecule has 2 rings (SSSR count). The fourth-order valence-corrected chi connectivity index (χ4v) is 3.18. The summed E-state index contributed by atoms with van der Waals surface area (Å²) in [5.41, 5.74) is 0.565. The number of halogens is 2. The van der Waals surface area contributed by atoms with Gasteiger partial charge in [-0.2, -0.15) is 0 Å². The zero-order chi connectivity index (χ0) is 14.0. The van der Waals surface area contributed by atoms with Gasteiger partial charge in [0.1, 0.15) is 5.82 Å². The minimum atomic E-state index is -0.758. The molecule has 1 N–H and O–H groups in total. The Hall–Kier alpha value is -1.09. The Kier molecular flexibility index (Phi) is 4.46. The Morgan fingerprint density at radius 2 is 2.21 bits per heavy atom. The van der Waals surface area contributed by atoms with Gasteiger partial charge in [0.15, 0.2) is 0 Å². The van der Waals surface area contributed by atoms with E-state index in [1.54, 1.807) is 12.1 Å². The van der Waals surface area contributed by atoms with Crippen molar-refractivity contribution < 1.29 is 14.3 Å². The fraction of sp³-hybridized carbons (Fsp3) is 0.533. The zero-order valence-electron chi connectivity index (χ0n) is 10.9. The second-order valence-electron chi connectivity index (χ2n) is 5.56. The highest BCUT2D eigenvalue weighted by molar-refractivity contribution is 6.30. The molecule has 1 aromatic carbocycles. The van der Waals surface area contributed by atoms with E-state index in [0.717, 1.165) is 12.8 Å². The highest BCUT2D eigenvalue weighted by Gasteiger charge is 2.33. The first-order valence-electron chi connectivity index (χ1n) is 6.64. The number of carboxylic acids is 1. The van der Waals surface area contributed by atoms with Crippen molar-refractivity contribution >= 4 is 17.6 Å². The van der Waals surface area contributed by atoms with E-state index in [4.69, 9.17) is 11.6 Å². The van der Waals surface area contributed by atoms with Crippen LogP contribution in [0.3, 0.4) is 0 Å². The van der Waals surface area contributed by atoms with Gasteiger partial charge in [-0.3, -0.25) is 4.79 Å². The van der Waals surface area contributed by atoms with E-state index in [-0.39, 0.29) is 17.7 Å². The predicted octanol–water partition coefficient (Wildman–Crippen LogP) is 4.16. The van der Waals surface area contributed by atoms with Gasteiger partial charge in [0.2, 0.25) is 0 Å². The number of carbonyl (C=O) groups is 1. The quantitative estimate of drug-likeness (QED) is 0.905. The van der Waals surface area contributed by atoms with Crippen molar-refractivity contribution in [2.45, 2.75) is 32.6 Å². The van der Waals surface area contributed by atoms with Crippen LogP contribution in [0, 0.1) is 23.6 Å². The molecule has 0 saturated heterocycles. The van der Waals surface area contributed by atoms with Crippen LogP contribution in [0.25, 0.3) is 0 Å². The van der Waals surface area contributed by atoms with Crippen LogP contribution in [0.15, 0.2) is 18.2 Å². The molecule has 1 fully saturated rings. The largest absolute Gasteiger partial charge is 0.481 e. The number of hydrogen-bond donors (Lipinski definition) is 1. The Morgan fingerprint density at radius 3 is 2.84 bits per heavy atom. The Balaban J connectivity index is 2.16. The molecule has 19 heavy (non-hydrogen) atoms. The normalized spacial score (nSPS) is 27.2. The van der Waals surface area contributed by atoms with E-state index in [2.05, 4.69) is 6.92 Å². The van der Waals surface area contributed by atoms with Crippen molar-refractivity contribution in [3.63, 3.8) is 0 Å². The molecular weight excluding hydrogens is 267 g/mol. The first kappa shape index (κ1) is 14.3. The van der Waals surface area contributed by atoms with Crippen LogP contribution < -0.4 is 0 Å². The summed E-state index contributed by atoms with van der Waals surface area (Å²) >= 11 is 5.73. The lowest BCUT2D eigenvalue weighted by atomic mass is 9.72. The predicted molar refractivity (Wildman–Crippen MR) is 72.7 cm³/mol. The second-order valence-corrected chi connectivity index (χ2v) is 6.00. The third-order valence-electron chi connectivity index (χ3n) is 4.06. The maximum atomic E-state index is 13.8. The van der Waals surface area contributed by atoms with Crippen LogP contribution in [0.2, 0.25) is 5.02 Å². The van der Waals surface area contributed by atoms with Gasteiger partial charge in [-0.15, -0.1) is 0 Å². The molecule has 0 amide bonds. The molecular formula is C15H18ClFO2. The van der Waals surface area contributed by atoms with Gasteiger partial charge in [-0.05, 0) is 55.2 Å². The van der Waals surface area contributed by atoms with E-state index in [1.165, 1.54) is 6.07 Å². The van der Waals surface area contributed by atoms with Crippen molar-refractivity contribution in [3.8, 4) is 0 Å². The SMILES string of the molecule is CC1CCC(C(=O)O)C(Cc2ccc(Cl)cc2F)C1. The van der Waals surface area contributed by atoms with Gasteiger partial charge in [-0.1, -0.05) is 24.6 Å². The average molecular weight is 285 g/mol. The molecule has 0 aromatic heterocycles. The summed E-state index contributed by atoms with van der Waals surface area (Å²) in [6, 6.07) is 4.61. The number of carboxylic acid groups (broad SMARTS) is 1. The topological polar surface area (TPSA) is 37.3 Å². The van der Waals surface area contributed by atoms with E-state index in [1.807, 2.05) is 0 Å². The van der Waals surface area contributed by atoms with Gasteiger partial charge in [0, 0.05) is 5.02 Å². The first-order valence-corrected chi connectivity index (χ1v) is 7.02. The lowest BCUT2D eigenvalue weighted by Gasteiger charge is -2.32. The van der Waals surface area contributed by atoms with Crippen LogP contribution in [-0.4, -0.2) is 11.1 Å². The summed E-state index contributed by atoms with van der Waals surface area (Å²) in [5.74, 6) is -0.930. The number of aliphatic carboxylic acids is 1. The maximum Gasteiger partial charge on any atom is 0.306 e. The molecule has 1 aliphatic rings. The minimum Gasteiger partial charge on any atom is -0.481 e. The lowest BCUT2D eigenvalue weighted by Crippen LogP contribution is -2.31. The molecule has 1 aliphatic carbocycles. The maximum absolute atomic E-state index is 13.8. The van der Waals surface area contributed by atoms with Crippen molar-refractivity contribution in [2.75, 3.05) is 0 Å². The van der Waals surface area contributed by atoms with Gasteiger partial charge < -0.3 is 5.11 Å². The molecule has 0 radical (unpaired) electrons. The zero-order valence-corrected chi connectivity index (χ0v) is 11.7. The standard InChI is InChI=1S/C15H18ClFO2/c1-9-2-5-13(15(18)19)11(6-9)7-10-3-4-12(16)8-14(10)17/h3-4,8-9,11,13H,2,5-7H2,1H3,(H,18,19). The van der Waals surface area contributed by atoms with Crippen molar-refractivity contribution in [3.05, 3.63) is 34.6 Å². The van der Waals surface area contributed by atoms with Crippen LogP contribution in [0.1, 0.15) is 31.7 Å². The molecule has 3 atom stereocenters. The van der Waals surface area contributed by atoms with Gasteiger partial charge in [0.05, 0.1) is 5.92 Å². The summed E-state index contributed by atoms with van der Waals surface area (Å²) in [6.07, 6.45) is 2.95. The summed E-state index contributed by atoms with van der Waals surface area (Å²) < 4.78 is 13.8. The molecule has 1 saturated carbocycles. The third-order valence-corrected chi connectivity index (χ3v) is 4.29. The Morgan fingerprint density at radius 1 is 1.47 bits per heavy atom. The molecule has 104 valence electrons. The smallest absolute Gasteiger partial charge is 0.306 e. The minimum absolute atomic E-state index is 0.0110. The van der Waals surface area contributed by atoms with Crippen molar-refractivity contribution in [2.24, 2.45) is 17.8 Å². The molecule has 0 bridgehead atoms. The summed E-state index contributed by atoms with van der Waals surface area (Å²) in [4.78, 5) is 11.3. The molecule has 0 spiro atoms. The van der Waals surface area contributed by atoms with Crippen molar-refractivity contribution in [1.29, 1.82) is 0 Å². The van der Waals surface area contributed by atoms with E-state index >= 15 is 0 Å². The number of hydrogen-bond acceptors (Lipinski definition) is 1. The summed E-state index contributed by atoms with van der Waals surface area (Å²) in [6.45, 7) is 2.13. The third kappa shape index (κ3) is 3.47. The van der Waals surface area contributed by atoms with Crippen LogP contribution in [-0.2, 0) is 11.2 Å². The molecule has 1 aromatic rings. The van der Waals surface area contributed by atoms with Gasteiger partial charge >= 0.3 is 5.97 Å². The molecule has 0 heterocycles. The molecule has 4 heteroatoms. The van der Waals surface area contributed by atoms with Gasteiger partial charge in [0.25, 0.3) is 0 Å². The lowest BCUT2D eigenvalue weighted by molar-refractivity contribution is -0.145. The molecule has 0 aliphatic heterocycles. The van der Waals surface area contributed by atoms with Crippen LogP contribution >= 0.6 is 11.6 Å².